The van der Waals surface area contributed by atoms with Gasteiger partial charge in [-0.15, -0.1) is 0 Å². The number of hydrogen-bond donors (Lipinski definition) is 0. The smallest absolute Gasteiger partial charge is 0.257 e. The number of rotatable bonds is 5. The summed E-state index contributed by atoms with van der Waals surface area (Å²) in [6, 6.07) is 7.65. The Kier molecular flexibility index (Phi) is 5.68. The summed E-state index contributed by atoms with van der Waals surface area (Å²) in [7, 11) is 1.90. The van der Waals surface area contributed by atoms with E-state index in [0.29, 0.717) is 29.1 Å². The average molecular weight is 343 g/mol. The summed E-state index contributed by atoms with van der Waals surface area (Å²) in [5.41, 5.74) is 0.578. The zero-order valence-electron chi connectivity index (χ0n) is 14.9. The molecule has 0 N–H and O–H groups in total. The normalized spacial score (nSPS) is 15.6. The lowest BCUT2D eigenvalue weighted by molar-refractivity contribution is 0.0712. The van der Waals surface area contributed by atoms with Crippen LogP contribution in [0.2, 0.25) is 0 Å². The van der Waals surface area contributed by atoms with Crippen LogP contribution in [0.4, 0.5) is 0 Å². The highest BCUT2D eigenvalue weighted by Gasteiger charge is 2.24. The number of carbonyl (C=O) groups excluding carboxylic acids is 1. The molecular weight excluding hydrogens is 318 g/mol. The quantitative estimate of drug-likeness (QED) is 0.773. The Morgan fingerprint density at radius 2 is 1.96 bits per heavy atom. The largest absolute Gasteiger partial charge is 0.485 e. The fourth-order valence-corrected chi connectivity index (χ4v) is 3.31. The Hall–Kier alpha value is -2.37. The maximum Gasteiger partial charge on any atom is 0.257 e. The second-order valence-electron chi connectivity index (χ2n) is 6.58. The van der Waals surface area contributed by atoms with Crippen LogP contribution in [0, 0.1) is 6.92 Å². The van der Waals surface area contributed by atoms with Crippen LogP contribution in [0.5, 0.6) is 5.75 Å². The highest BCUT2D eigenvalue weighted by atomic mass is 16.5. The van der Waals surface area contributed by atoms with Crippen LogP contribution >= 0.6 is 0 Å². The summed E-state index contributed by atoms with van der Waals surface area (Å²) in [5.74, 6) is 1.52. The van der Waals surface area contributed by atoms with Gasteiger partial charge < -0.3 is 14.2 Å². The van der Waals surface area contributed by atoms with Gasteiger partial charge in [-0.25, -0.2) is 0 Å². The first kappa shape index (κ1) is 17.5. The lowest BCUT2D eigenvalue weighted by atomic mass is 10.1. The average Bonchev–Trinajstić information content (AvgIpc) is 2.87. The number of benzene rings is 1. The van der Waals surface area contributed by atoms with Gasteiger partial charge in [-0.1, -0.05) is 43.0 Å². The number of ether oxygens (including phenoxy) is 1. The van der Waals surface area contributed by atoms with Crippen molar-refractivity contribution in [2.45, 2.75) is 58.1 Å². The van der Waals surface area contributed by atoms with E-state index in [0.717, 1.165) is 12.8 Å². The van der Waals surface area contributed by atoms with Crippen molar-refractivity contribution in [3.05, 3.63) is 41.5 Å². The van der Waals surface area contributed by atoms with E-state index >= 15 is 0 Å². The third-order valence-electron chi connectivity index (χ3n) is 4.74. The molecule has 1 amide bonds. The molecule has 6 nitrogen and oxygen atoms in total. The van der Waals surface area contributed by atoms with Crippen LogP contribution in [-0.4, -0.2) is 34.0 Å². The number of aromatic nitrogens is 2. The Morgan fingerprint density at radius 3 is 2.64 bits per heavy atom. The first-order valence-electron chi connectivity index (χ1n) is 8.93. The molecule has 1 aromatic carbocycles. The van der Waals surface area contributed by atoms with Crippen LogP contribution in [0.25, 0.3) is 0 Å². The van der Waals surface area contributed by atoms with E-state index in [1.165, 1.54) is 25.7 Å². The second-order valence-corrected chi connectivity index (χ2v) is 6.58. The van der Waals surface area contributed by atoms with Crippen LogP contribution in [0.1, 0.15) is 60.6 Å². The van der Waals surface area contributed by atoms with Crippen molar-refractivity contribution in [1.29, 1.82) is 0 Å². The molecule has 6 heteroatoms. The molecule has 0 aliphatic heterocycles. The Labute approximate surface area is 148 Å². The molecular formula is C19H25N3O3. The lowest BCUT2D eigenvalue weighted by Gasteiger charge is -2.28. The van der Waals surface area contributed by atoms with Gasteiger partial charge in [-0.2, -0.15) is 4.98 Å². The number of aryl methyl sites for hydroxylation is 1. The number of amides is 1. The fraction of sp³-hybridized carbons (Fsp3) is 0.526. The topological polar surface area (TPSA) is 68.5 Å². The SMILES string of the molecule is Cc1nc(COc2ccccc2C(=O)N(C)C2CCCCCC2)no1. The molecule has 0 radical (unpaired) electrons. The zero-order chi connectivity index (χ0) is 17.6. The summed E-state index contributed by atoms with van der Waals surface area (Å²) < 4.78 is 10.7. The predicted octanol–water partition coefficient (Wildman–Crippen LogP) is 3.75. The molecule has 0 saturated heterocycles. The molecule has 1 fully saturated rings. The summed E-state index contributed by atoms with van der Waals surface area (Å²) >= 11 is 0. The molecule has 3 rings (SSSR count). The Balaban J connectivity index is 1.71. The van der Waals surface area contributed by atoms with Crippen LogP contribution in [0.3, 0.4) is 0 Å². The van der Waals surface area contributed by atoms with E-state index in [1.54, 1.807) is 13.0 Å². The number of para-hydroxylation sites is 1. The van der Waals surface area contributed by atoms with Crippen molar-refractivity contribution >= 4 is 5.91 Å². The second kappa shape index (κ2) is 8.14. The van der Waals surface area contributed by atoms with E-state index in [9.17, 15) is 4.79 Å². The summed E-state index contributed by atoms with van der Waals surface area (Å²) in [4.78, 5) is 19.0. The molecule has 1 aliphatic carbocycles. The standard InChI is InChI=1S/C19H25N3O3/c1-14-20-18(21-25-14)13-24-17-12-8-7-11-16(17)19(23)22(2)15-9-5-3-4-6-10-15/h7-8,11-12,15H,3-6,9-10,13H2,1-2H3. The zero-order valence-corrected chi connectivity index (χ0v) is 14.9. The maximum absolute atomic E-state index is 13.0. The Bertz CT molecular complexity index is 705. The first-order chi connectivity index (χ1) is 12.1. The van der Waals surface area contributed by atoms with Crippen molar-refractivity contribution in [1.82, 2.24) is 15.0 Å². The van der Waals surface area contributed by atoms with Gasteiger partial charge in [0.25, 0.3) is 5.91 Å². The van der Waals surface area contributed by atoms with Gasteiger partial charge in [0.2, 0.25) is 11.7 Å². The lowest BCUT2D eigenvalue weighted by Crippen LogP contribution is -2.36. The monoisotopic (exact) mass is 343 g/mol. The van der Waals surface area contributed by atoms with E-state index in [1.807, 2.05) is 30.1 Å². The molecule has 0 unspecified atom stereocenters. The summed E-state index contributed by atoms with van der Waals surface area (Å²) in [6.45, 7) is 1.91. The third-order valence-corrected chi connectivity index (χ3v) is 4.74. The minimum Gasteiger partial charge on any atom is -0.485 e. The first-order valence-corrected chi connectivity index (χ1v) is 8.93. The van der Waals surface area contributed by atoms with Gasteiger partial charge in [0, 0.05) is 20.0 Å². The van der Waals surface area contributed by atoms with Gasteiger partial charge >= 0.3 is 0 Å². The van der Waals surface area contributed by atoms with Crippen LogP contribution < -0.4 is 4.74 Å². The molecule has 25 heavy (non-hydrogen) atoms. The van der Waals surface area contributed by atoms with Gasteiger partial charge in [0.05, 0.1) is 5.56 Å². The van der Waals surface area contributed by atoms with E-state index in [2.05, 4.69) is 10.1 Å². The van der Waals surface area contributed by atoms with Crippen molar-refractivity contribution in [2.24, 2.45) is 0 Å². The fourth-order valence-electron chi connectivity index (χ4n) is 3.31. The molecule has 0 atom stereocenters. The molecule has 134 valence electrons. The summed E-state index contributed by atoms with van der Waals surface area (Å²) in [5, 5.41) is 3.82. The van der Waals surface area contributed by atoms with Crippen molar-refractivity contribution in [3.8, 4) is 5.75 Å². The van der Waals surface area contributed by atoms with Crippen molar-refractivity contribution < 1.29 is 14.1 Å². The van der Waals surface area contributed by atoms with Gasteiger partial charge in [0.1, 0.15) is 5.75 Å². The van der Waals surface area contributed by atoms with Gasteiger partial charge in [-0.3, -0.25) is 4.79 Å². The van der Waals surface area contributed by atoms with Crippen LogP contribution in [-0.2, 0) is 6.61 Å². The van der Waals surface area contributed by atoms with E-state index in [-0.39, 0.29) is 12.5 Å². The Morgan fingerprint density at radius 1 is 1.24 bits per heavy atom. The molecule has 1 aliphatic rings. The minimum atomic E-state index is 0.00629. The molecule has 1 heterocycles. The predicted molar refractivity (Wildman–Crippen MR) is 93.4 cm³/mol. The number of nitrogens with zero attached hydrogens (tertiary/aromatic N) is 3. The molecule has 2 aromatic rings. The molecule has 0 bridgehead atoms. The highest BCUT2D eigenvalue weighted by molar-refractivity contribution is 5.97. The summed E-state index contributed by atoms with van der Waals surface area (Å²) in [6.07, 6.45) is 7.07. The van der Waals surface area contributed by atoms with E-state index in [4.69, 9.17) is 9.26 Å². The third kappa shape index (κ3) is 4.38. The molecule has 0 spiro atoms. The molecule has 1 saturated carbocycles. The maximum atomic E-state index is 13.0. The number of hydrogen-bond acceptors (Lipinski definition) is 5. The van der Waals surface area contributed by atoms with Crippen molar-refractivity contribution in [3.63, 3.8) is 0 Å². The number of carbonyl (C=O) groups is 1. The van der Waals surface area contributed by atoms with E-state index < -0.39 is 0 Å². The minimum absolute atomic E-state index is 0.00629. The van der Waals surface area contributed by atoms with Gasteiger partial charge in [0.15, 0.2) is 6.61 Å². The van der Waals surface area contributed by atoms with Crippen LogP contribution in [0.15, 0.2) is 28.8 Å². The highest BCUT2D eigenvalue weighted by Crippen LogP contribution is 2.25. The van der Waals surface area contributed by atoms with Crippen molar-refractivity contribution in [2.75, 3.05) is 7.05 Å². The molecule has 1 aromatic heterocycles. The van der Waals surface area contributed by atoms with Gasteiger partial charge in [-0.05, 0) is 25.0 Å².